The molecular weight excluding hydrogens is 432 g/mol. The minimum Gasteiger partial charge on any atom is -0.462 e. The van der Waals surface area contributed by atoms with Crippen molar-refractivity contribution in [3.63, 3.8) is 0 Å². The highest BCUT2D eigenvalue weighted by Gasteiger charge is 2.28. The fraction of sp³-hybridized carbons (Fsp3) is 0.583. The lowest BCUT2D eigenvalue weighted by Crippen LogP contribution is -2.30. The van der Waals surface area contributed by atoms with E-state index in [9.17, 15) is 24.3 Å². The lowest BCUT2D eigenvalue weighted by Gasteiger charge is -2.29. The summed E-state index contributed by atoms with van der Waals surface area (Å²) in [6.07, 6.45) is -0.999. The van der Waals surface area contributed by atoms with Crippen LogP contribution in [0.1, 0.15) is 63.6 Å². The second-order valence-corrected chi connectivity index (χ2v) is 8.50. The normalized spacial score (nSPS) is 11.2. The van der Waals surface area contributed by atoms with Crippen molar-refractivity contribution in [2.45, 2.75) is 72.3 Å². The monoisotopic (exact) mass is 466 g/mol. The Morgan fingerprint density at radius 3 is 2.00 bits per heavy atom. The maximum Gasteiger partial charge on any atom is 0.311 e. The van der Waals surface area contributed by atoms with Gasteiger partial charge in [-0.3, -0.25) is 19.2 Å². The molecule has 0 saturated carbocycles. The molecule has 1 aromatic carbocycles. The van der Waals surface area contributed by atoms with Crippen LogP contribution < -0.4 is 4.74 Å². The standard InChI is InChI=1S/C24H34O9/c1-15-11-16(2)23(24(5,6)9-10-25)20(12-15)33-22(29)8-7-21(28)32-19(13-30-17(3)26)14-31-18(4)27/h11-12,19,25H,7-10,13-14H2,1-6H3. The van der Waals surface area contributed by atoms with Gasteiger partial charge in [-0.2, -0.15) is 0 Å². The molecule has 0 heterocycles. The van der Waals surface area contributed by atoms with Gasteiger partial charge >= 0.3 is 23.9 Å². The molecule has 9 heteroatoms. The molecule has 0 aromatic heterocycles. The molecular formula is C24H34O9. The Bertz CT molecular complexity index is 840. The first-order valence-electron chi connectivity index (χ1n) is 10.7. The van der Waals surface area contributed by atoms with Gasteiger partial charge in [0.05, 0.1) is 12.8 Å². The Morgan fingerprint density at radius 2 is 1.48 bits per heavy atom. The van der Waals surface area contributed by atoms with Gasteiger partial charge in [0.1, 0.15) is 19.0 Å². The minimum atomic E-state index is -0.980. The van der Waals surface area contributed by atoms with Crippen molar-refractivity contribution < 1.29 is 43.2 Å². The molecule has 0 aliphatic heterocycles. The molecule has 1 aromatic rings. The second-order valence-electron chi connectivity index (χ2n) is 8.50. The third-order valence-electron chi connectivity index (χ3n) is 4.86. The highest BCUT2D eigenvalue weighted by molar-refractivity contribution is 5.79. The predicted molar refractivity (Wildman–Crippen MR) is 119 cm³/mol. The molecule has 0 atom stereocenters. The fourth-order valence-electron chi connectivity index (χ4n) is 3.44. The number of ether oxygens (including phenoxy) is 4. The summed E-state index contributed by atoms with van der Waals surface area (Å²) >= 11 is 0. The van der Waals surface area contributed by atoms with Gasteiger partial charge in [-0.25, -0.2) is 0 Å². The fourth-order valence-corrected chi connectivity index (χ4v) is 3.44. The average molecular weight is 467 g/mol. The maximum absolute atomic E-state index is 12.5. The van der Waals surface area contributed by atoms with Crippen molar-refractivity contribution in [3.05, 3.63) is 28.8 Å². The van der Waals surface area contributed by atoms with Crippen LogP contribution in [0.4, 0.5) is 0 Å². The second kappa shape index (κ2) is 12.9. The lowest BCUT2D eigenvalue weighted by atomic mass is 9.78. The van der Waals surface area contributed by atoms with E-state index in [0.29, 0.717) is 12.2 Å². The van der Waals surface area contributed by atoms with E-state index >= 15 is 0 Å². The molecule has 0 fully saturated rings. The van der Waals surface area contributed by atoms with E-state index < -0.39 is 35.4 Å². The molecule has 1 rings (SSSR count). The number of hydrogen-bond acceptors (Lipinski definition) is 9. The van der Waals surface area contributed by atoms with Crippen LogP contribution in [0.25, 0.3) is 0 Å². The Balaban J connectivity index is 2.79. The predicted octanol–water partition coefficient (Wildman–Crippen LogP) is 2.69. The van der Waals surface area contributed by atoms with Crippen LogP contribution in [0.3, 0.4) is 0 Å². The van der Waals surface area contributed by atoms with E-state index in [0.717, 1.165) is 16.7 Å². The van der Waals surface area contributed by atoms with Gasteiger partial charge in [-0.15, -0.1) is 0 Å². The van der Waals surface area contributed by atoms with Gasteiger partial charge in [-0.1, -0.05) is 19.9 Å². The molecule has 0 aliphatic rings. The molecule has 0 aliphatic carbocycles. The number of carbonyl (C=O) groups is 4. The van der Waals surface area contributed by atoms with Crippen LogP contribution in [0.5, 0.6) is 5.75 Å². The van der Waals surface area contributed by atoms with Crippen molar-refractivity contribution in [1.29, 1.82) is 0 Å². The SMILES string of the molecule is CC(=O)OCC(COC(C)=O)OC(=O)CCC(=O)Oc1cc(C)cc(C)c1C(C)(C)CCO. The molecule has 9 nitrogen and oxygen atoms in total. The van der Waals surface area contributed by atoms with Gasteiger partial charge in [0.15, 0.2) is 6.10 Å². The Kier molecular flexibility index (Phi) is 11.0. The zero-order chi connectivity index (χ0) is 25.2. The first-order chi connectivity index (χ1) is 15.4. The van der Waals surface area contributed by atoms with E-state index in [2.05, 4.69) is 0 Å². The van der Waals surface area contributed by atoms with E-state index in [4.69, 9.17) is 18.9 Å². The number of rotatable bonds is 12. The van der Waals surface area contributed by atoms with Gasteiger partial charge in [0.25, 0.3) is 0 Å². The van der Waals surface area contributed by atoms with E-state index in [1.54, 1.807) is 6.07 Å². The van der Waals surface area contributed by atoms with Gasteiger partial charge < -0.3 is 24.1 Å². The number of aliphatic hydroxyl groups excluding tert-OH is 1. The molecule has 1 N–H and O–H groups in total. The molecule has 184 valence electrons. The number of hydrogen-bond donors (Lipinski definition) is 1. The molecule has 0 amide bonds. The van der Waals surface area contributed by atoms with Crippen LogP contribution in [-0.4, -0.2) is 54.9 Å². The number of esters is 4. The number of aryl methyl sites for hydroxylation is 2. The summed E-state index contributed by atoms with van der Waals surface area (Å²) in [5.41, 5.74) is 2.24. The third kappa shape index (κ3) is 10.0. The molecule has 0 saturated heterocycles. The summed E-state index contributed by atoms with van der Waals surface area (Å²) in [5, 5.41) is 9.42. The molecule has 0 radical (unpaired) electrons. The molecule has 0 spiro atoms. The summed E-state index contributed by atoms with van der Waals surface area (Å²) < 4.78 is 20.4. The van der Waals surface area contributed by atoms with Crippen molar-refractivity contribution in [2.24, 2.45) is 0 Å². The number of aliphatic hydroxyl groups is 1. The van der Waals surface area contributed by atoms with Crippen molar-refractivity contribution in [2.75, 3.05) is 19.8 Å². The smallest absolute Gasteiger partial charge is 0.311 e. The third-order valence-corrected chi connectivity index (χ3v) is 4.86. The number of carbonyl (C=O) groups excluding carboxylic acids is 4. The highest BCUT2D eigenvalue weighted by atomic mass is 16.6. The lowest BCUT2D eigenvalue weighted by molar-refractivity contribution is -0.165. The van der Waals surface area contributed by atoms with Crippen LogP contribution in [0.2, 0.25) is 0 Å². The molecule has 0 bridgehead atoms. The first-order valence-corrected chi connectivity index (χ1v) is 10.7. The zero-order valence-electron chi connectivity index (χ0n) is 20.2. The number of benzene rings is 1. The van der Waals surface area contributed by atoms with Crippen LogP contribution in [0.15, 0.2) is 12.1 Å². The van der Waals surface area contributed by atoms with E-state index in [1.165, 1.54) is 13.8 Å². The average Bonchev–Trinajstić information content (AvgIpc) is 2.67. The zero-order valence-corrected chi connectivity index (χ0v) is 20.2. The van der Waals surface area contributed by atoms with Crippen molar-refractivity contribution in [3.8, 4) is 5.75 Å². The van der Waals surface area contributed by atoms with E-state index in [1.807, 2.05) is 33.8 Å². The Labute approximate surface area is 194 Å². The maximum atomic E-state index is 12.5. The molecule has 33 heavy (non-hydrogen) atoms. The minimum absolute atomic E-state index is 0.0125. The van der Waals surface area contributed by atoms with E-state index in [-0.39, 0.29) is 32.7 Å². The summed E-state index contributed by atoms with van der Waals surface area (Å²) in [7, 11) is 0. The Hall–Kier alpha value is -2.94. The Morgan fingerprint density at radius 1 is 0.939 bits per heavy atom. The van der Waals surface area contributed by atoms with Gasteiger partial charge in [-0.05, 0) is 42.9 Å². The first kappa shape index (κ1) is 28.1. The van der Waals surface area contributed by atoms with Gasteiger partial charge in [0.2, 0.25) is 0 Å². The highest BCUT2D eigenvalue weighted by Crippen LogP contribution is 2.37. The van der Waals surface area contributed by atoms with Crippen molar-refractivity contribution in [1.82, 2.24) is 0 Å². The van der Waals surface area contributed by atoms with Crippen LogP contribution in [-0.2, 0) is 38.8 Å². The summed E-state index contributed by atoms with van der Waals surface area (Å²) in [6.45, 7) is 9.56. The van der Waals surface area contributed by atoms with Crippen LogP contribution >= 0.6 is 0 Å². The molecule has 0 unspecified atom stereocenters. The topological polar surface area (TPSA) is 125 Å². The summed E-state index contributed by atoms with van der Waals surface area (Å²) in [4.78, 5) is 46.7. The van der Waals surface area contributed by atoms with Crippen molar-refractivity contribution >= 4 is 23.9 Å². The summed E-state index contributed by atoms with van der Waals surface area (Å²) in [5.74, 6) is -2.09. The van der Waals surface area contributed by atoms with Crippen LogP contribution in [0, 0.1) is 13.8 Å². The summed E-state index contributed by atoms with van der Waals surface area (Å²) in [6, 6.07) is 3.74. The largest absolute Gasteiger partial charge is 0.462 e. The quantitative estimate of drug-likeness (QED) is 0.281. The van der Waals surface area contributed by atoms with Gasteiger partial charge in [0, 0.05) is 26.0 Å².